The van der Waals surface area contributed by atoms with Gasteiger partial charge in [-0.25, -0.2) is 0 Å². The first-order valence-electron chi connectivity index (χ1n) is 5.51. The fraction of sp³-hybridized carbons (Fsp3) is 0.133. The number of nitrogens with one attached hydrogen (secondary N) is 1. The number of methoxy groups -OCH3 is 1. The zero-order valence-electron chi connectivity index (χ0n) is 10.0. The molecule has 0 fully saturated rings. The monoisotopic (exact) mass is 225 g/mol. The maximum atomic E-state index is 8.01. The first-order chi connectivity index (χ1) is 8.22. The lowest BCUT2D eigenvalue weighted by molar-refractivity contribution is 0.314. The van der Waals surface area contributed by atoms with Crippen LogP contribution in [0.5, 0.6) is 0 Å². The van der Waals surface area contributed by atoms with Crippen molar-refractivity contribution in [3.63, 3.8) is 0 Å². The Hall–Kier alpha value is -2.09. The minimum absolute atomic E-state index is 0.429. The number of benzene rings is 1. The van der Waals surface area contributed by atoms with Gasteiger partial charge in [0.05, 0.1) is 7.11 Å². The summed E-state index contributed by atoms with van der Waals surface area (Å²) in [5, 5.41) is 8.01. The molecule has 17 heavy (non-hydrogen) atoms. The van der Waals surface area contributed by atoms with Crippen molar-refractivity contribution in [1.82, 2.24) is 0 Å². The van der Waals surface area contributed by atoms with E-state index in [1.807, 2.05) is 36.4 Å². The van der Waals surface area contributed by atoms with Gasteiger partial charge in [-0.1, -0.05) is 36.4 Å². The molecular weight excluding hydrogens is 210 g/mol. The Morgan fingerprint density at radius 2 is 2.00 bits per heavy atom. The molecule has 0 atom stereocenters. The number of hydrogen-bond donors (Lipinski definition) is 1. The van der Waals surface area contributed by atoms with Gasteiger partial charge in [0, 0.05) is 5.57 Å². The van der Waals surface area contributed by atoms with Crippen molar-refractivity contribution < 1.29 is 4.74 Å². The van der Waals surface area contributed by atoms with Crippen LogP contribution < -0.4 is 0 Å². The molecule has 0 saturated heterocycles. The Labute approximate surface area is 101 Å². The van der Waals surface area contributed by atoms with Crippen LogP contribution in [0, 0.1) is 12.3 Å². The number of aryl methyl sites for hydroxylation is 1. The topological polar surface area (TPSA) is 33.1 Å². The maximum Gasteiger partial charge on any atom is 0.144 e. The highest BCUT2D eigenvalue weighted by Crippen LogP contribution is 2.19. The summed E-state index contributed by atoms with van der Waals surface area (Å²) < 4.78 is 5.15. The van der Waals surface area contributed by atoms with Crippen molar-refractivity contribution in [2.75, 3.05) is 7.11 Å². The predicted octanol–water partition coefficient (Wildman–Crippen LogP) is 3.50. The van der Waals surface area contributed by atoms with Gasteiger partial charge in [-0.3, -0.25) is 5.41 Å². The first kappa shape index (κ1) is 11.4. The van der Waals surface area contributed by atoms with Gasteiger partial charge < -0.3 is 4.74 Å². The Balaban J connectivity index is 2.37. The van der Waals surface area contributed by atoms with E-state index < -0.39 is 0 Å². The van der Waals surface area contributed by atoms with E-state index in [-0.39, 0.29) is 0 Å². The summed E-state index contributed by atoms with van der Waals surface area (Å²) in [7, 11) is 1.59. The molecule has 1 aromatic carbocycles. The maximum absolute atomic E-state index is 8.01. The van der Waals surface area contributed by atoms with Crippen LogP contribution in [0.2, 0.25) is 0 Å². The largest absolute Gasteiger partial charge is 0.494 e. The molecule has 0 aliphatic heterocycles. The van der Waals surface area contributed by atoms with Crippen molar-refractivity contribution >= 4 is 11.8 Å². The second kappa shape index (κ2) is 4.83. The Bertz CT molecular complexity index is 536. The summed E-state index contributed by atoms with van der Waals surface area (Å²) in [5.41, 5.74) is 3.64. The molecule has 2 heteroatoms. The van der Waals surface area contributed by atoms with Crippen LogP contribution in [0.4, 0.5) is 0 Å². The van der Waals surface area contributed by atoms with Crippen LogP contribution in [-0.4, -0.2) is 12.8 Å². The molecule has 0 saturated carbocycles. The molecule has 1 N–H and O–H groups in total. The minimum atomic E-state index is 0.429. The van der Waals surface area contributed by atoms with E-state index in [1.54, 1.807) is 13.2 Å². The van der Waals surface area contributed by atoms with Gasteiger partial charge in [-0.2, -0.15) is 0 Å². The van der Waals surface area contributed by atoms with E-state index in [9.17, 15) is 0 Å². The van der Waals surface area contributed by atoms with E-state index in [0.29, 0.717) is 11.5 Å². The lowest BCUT2D eigenvalue weighted by Gasteiger charge is -2.12. The van der Waals surface area contributed by atoms with Crippen LogP contribution in [0.15, 0.2) is 53.8 Å². The zero-order chi connectivity index (χ0) is 12.3. The van der Waals surface area contributed by atoms with E-state index in [0.717, 1.165) is 11.1 Å². The molecule has 1 aliphatic rings. The number of hydrogen-bond acceptors (Lipinski definition) is 2. The Kier molecular flexibility index (Phi) is 3.24. The molecule has 2 rings (SSSR count). The Morgan fingerprint density at radius 3 is 2.71 bits per heavy atom. The fourth-order valence-electron chi connectivity index (χ4n) is 1.75. The normalized spacial score (nSPS) is 17.2. The molecule has 1 aliphatic carbocycles. The number of ether oxygens (including phenoxy) is 1. The molecule has 0 heterocycles. The third-order valence-electron chi connectivity index (χ3n) is 2.78. The van der Waals surface area contributed by atoms with E-state index in [2.05, 4.69) is 13.0 Å². The molecule has 86 valence electrons. The van der Waals surface area contributed by atoms with Crippen molar-refractivity contribution in [2.45, 2.75) is 6.92 Å². The van der Waals surface area contributed by atoms with Gasteiger partial charge in [0.1, 0.15) is 11.5 Å². The minimum Gasteiger partial charge on any atom is -0.494 e. The lowest BCUT2D eigenvalue weighted by Crippen LogP contribution is -2.08. The highest BCUT2D eigenvalue weighted by atomic mass is 16.5. The standard InChI is InChI=1S/C15H15NO/c1-11-6-3-4-7-12(11)10-13-8-5-9-14(17-2)15(13)16/h3-10,16H,1-2H3/b13-10-,16-15?. The van der Waals surface area contributed by atoms with Gasteiger partial charge in [0.15, 0.2) is 0 Å². The summed E-state index contributed by atoms with van der Waals surface area (Å²) in [6, 6.07) is 8.13. The van der Waals surface area contributed by atoms with Crippen LogP contribution in [0.1, 0.15) is 11.1 Å². The number of allylic oxidation sites excluding steroid dienone is 4. The van der Waals surface area contributed by atoms with Gasteiger partial charge in [0.2, 0.25) is 0 Å². The van der Waals surface area contributed by atoms with E-state index >= 15 is 0 Å². The fourth-order valence-corrected chi connectivity index (χ4v) is 1.75. The van der Waals surface area contributed by atoms with Gasteiger partial charge in [0.25, 0.3) is 0 Å². The molecule has 1 aromatic rings. The molecule has 0 aromatic heterocycles. The number of rotatable bonds is 2. The SMILES string of the molecule is COC1=CC=C/C(=C/c2ccccc2C)C1=N. The average molecular weight is 225 g/mol. The van der Waals surface area contributed by atoms with E-state index in [1.165, 1.54) is 5.56 Å². The van der Waals surface area contributed by atoms with Crippen LogP contribution in [0.3, 0.4) is 0 Å². The third kappa shape index (κ3) is 2.36. The summed E-state index contributed by atoms with van der Waals surface area (Å²) >= 11 is 0. The van der Waals surface area contributed by atoms with Crippen LogP contribution >= 0.6 is 0 Å². The van der Waals surface area contributed by atoms with Crippen molar-refractivity contribution in [3.05, 3.63) is 65.0 Å². The molecule has 2 nitrogen and oxygen atoms in total. The third-order valence-corrected chi connectivity index (χ3v) is 2.78. The lowest BCUT2D eigenvalue weighted by atomic mass is 9.99. The first-order valence-corrected chi connectivity index (χ1v) is 5.51. The van der Waals surface area contributed by atoms with Crippen LogP contribution in [-0.2, 0) is 4.74 Å². The highest BCUT2D eigenvalue weighted by molar-refractivity contribution is 6.14. The zero-order valence-corrected chi connectivity index (χ0v) is 10.0. The van der Waals surface area contributed by atoms with Crippen molar-refractivity contribution in [3.8, 4) is 0 Å². The van der Waals surface area contributed by atoms with Crippen LogP contribution in [0.25, 0.3) is 6.08 Å². The summed E-state index contributed by atoms with van der Waals surface area (Å²) in [6.45, 7) is 2.07. The van der Waals surface area contributed by atoms with Crippen molar-refractivity contribution in [2.24, 2.45) is 0 Å². The summed E-state index contributed by atoms with van der Waals surface area (Å²) in [4.78, 5) is 0. The average Bonchev–Trinajstić information content (AvgIpc) is 2.34. The smallest absolute Gasteiger partial charge is 0.144 e. The second-order valence-electron chi connectivity index (χ2n) is 3.93. The highest BCUT2D eigenvalue weighted by Gasteiger charge is 2.12. The molecule has 0 amide bonds. The van der Waals surface area contributed by atoms with Gasteiger partial charge in [-0.15, -0.1) is 0 Å². The molecule has 0 bridgehead atoms. The molecular formula is C15H15NO. The Morgan fingerprint density at radius 1 is 1.24 bits per heavy atom. The van der Waals surface area contributed by atoms with Crippen molar-refractivity contribution in [1.29, 1.82) is 5.41 Å². The summed E-state index contributed by atoms with van der Waals surface area (Å²) in [6.07, 6.45) is 7.65. The molecule has 0 unspecified atom stereocenters. The van der Waals surface area contributed by atoms with Gasteiger partial charge in [-0.05, 0) is 30.2 Å². The quantitative estimate of drug-likeness (QED) is 0.821. The van der Waals surface area contributed by atoms with Gasteiger partial charge >= 0.3 is 0 Å². The molecule has 0 spiro atoms. The summed E-state index contributed by atoms with van der Waals surface area (Å²) in [5.74, 6) is 0.604. The second-order valence-corrected chi connectivity index (χ2v) is 3.93. The van der Waals surface area contributed by atoms with E-state index in [4.69, 9.17) is 10.1 Å². The predicted molar refractivity (Wildman–Crippen MR) is 71.1 cm³/mol. The molecule has 0 radical (unpaired) electrons.